The highest BCUT2D eigenvalue weighted by Crippen LogP contribution is 2.34. The van der Waals surface area contributed by atoms with E-state index in [0.717, 1.165) is 0 Å². The van der Waals surface area contributed by atoms with E-state index in [4.69, 9.17) is 9.84 Å². The zero-order valence-electron chi connectivity index (χ0n) is 8.53. The molecule has 1 unspecified atom stereocenters. The normalized spacial score (nSPS) is 12.2. The molecular formula is C10H12BrNO3. The molecule has 1 atom stereocenters. The Hall–Kier alpha value is -1.10. The van der Waals surface area contributed by atoms with Gasteiger partial charge in [0, 0.05) is 16.2 Å². The summed E-state index contributed by atoms with van der Waals surface area (Å²) < 4.78 is 5.77. The van der Waals surface area contributed by atoms with Crippen molar-refractivity contribution in [3.05, 3.63) is 22.4 Å². The summed E-state index contributed by atoms with van der Waals surface area (Å²) in [7, 11) is 1.50. The first-order chi connectivity index (χ1) is 7.11. The van der Waals surface area contributed by atoms with Crippen LogP contribution in [0.15, 0.2) is 16.9 Å². The average Bonchev–Trinajstić information content (AvgIpc) is 2.21. The first kappa shape index (κ1) is 12.0. The maximum atomic E-state index is 11.1. The van der Waals surface area contributed by atoms with Crippen molar-refractivity contribution in [2.24, 2.45) is 0 Å². The number of aliphatic carboxylic acids is 1. The second kappa shape index (κ2) is 5.11. The van der Waals surface area contributed by atoms with Crippen molar-refractivity contribution in [3.63, 3.8) is 0 Å². The fourth-order valence-corrected chi connectivity index (χ4v) is 2.02. The van der Waals surface area contributed by atoms with Crippen molar-refractivity contribution < 1.29 is 14.6 Å². The Labute approximate surface area is 96.4 Å². The second-order valence-corrected chi connectivity index (χ2v) is 3.89. The molecule has 1 N–H and O–H groups in total. The summed E-state index contributed by atoms with van der Waals surface area (Å²) in [6.07, 6.45) is 3.60. The van der Waals surface area contributed by atoms with E-state index >= 15 is 0 Å². The van der Waals surface area contributed by atoms with E-state index in [0.29, 0.717) is 22.2 Å². The summed E-state index contributed by atoms with van der Waals surface area (Å²) in [4.78, 5) is 15.0. The molecule has 0 aliphatic heterocycles. The van der Waals surface area contributed by atoms with Gasteiger partial charge in [-0.15, -0.1) is 0 Å². The van der Waals surface area contributed by atoms with Gasteiger partial charge < -0.3 is 9.84 Å². The Kier molecular flexibility index (Phi) is 4.08. The summed E-state index contributed by atoms with van der Waals surface area (Å²) in [5.74, 6) is -0.932. The molecule has 0 spiro atoms. The van der Waals surface area contributed by atoms with Crippen LogP contribution >= 0.6 is 15.9 Å². The van der Waals surface area contributed by atoms with Crippen molar-refractivity contribution in [1.82, 2.24) is 4.98 Å². The number of methoxy groups -OCH3 is 1. The monoisotopic (exact) mass is 273 g/mol. The van der Waals surface area contributed by atoms with Crippen LogP contribution in [0.1, 0.15) is 24.8 Å². The number of nitrogens with zero attached hydrogens (tertiary/aromatic N) is 1. The lowest BCUT2D eigenvalue weighted by Crippen LogP contribution is -2.12. The van der Waals surface area contributed by atoms with E-state index in [1.165, 1.54) is 13.3 Å². The van der Waals surface area contributed by atoms with Gasteiger partial charge in [0.05, 0.1) is 19.2 Å². The van der Waals surface area contributed by atoms with Crippen LogP contribution in [0.2, 0.25) is 0 Å². The highest BCUT2D eigenvalue weighted by molar-refractivity contribution is 9.10. The number of halogens is 1. The molecule has 0 saturated heterocycles. The molecule has 0 saturated carbocycles. The molecule has 0 radical (unpaired) electrons. The lowest BCUT2D eigenvalue weighted by atomic mass is 9.97. The van der Waals surface area contributed by atoms with Crippen molar-refractivity contribution >= 4 is 21.9 Å². The van der Waals surface area contributed by atoms with Gasteiger partial charge >= 0.3 is 5.97 Å². The minimum absolute atomic E-state index is 0.499. The van der Waals surface area contributed by atoms with Gasteiger partial charge in [0.15, 0.2) is 0 Å². The van der Waals surface area contributed by atoms with Gasteiger partial charge in [-0.1, -0.05) is 6.92 Å². The molecule has 15 heavy (non-hydrogen) atoms. The Morgan fingerprint density at radius 3 is 2.80 bits per heavy atom. The molecule has 1 aromatic rings. The zero-order valence-corrected chi connectivity index (χ0v) is 10.1. The van der Waals surface area contributed by atoms with E-state index in [-0.39, 0.29) is 0 Å². The topological polar surface area (TPSA) is 59.4 Å². The number of carbonyl (C=O) groups is 1. The predicted molar refractivity (Wildman–Crippen MR) is 59.2 cm³/mol. The quantitative estimate of drug-likeness (QED) is 0.916. The number of carboxylic acid groups (broad SMARTS) is 1. The molecule has 0 bridgehead atoms. The molecule has 1 rings (SSSR count). The summed E-state index contributed by atoms with van der Waals surface area (Å²) in [5, 5.41) is 9.07. The zero-order chi connectivity index (χ0) is 11.4. The van der Waals surface area contributed by atoms with E-state index in [2.05, 4.69) is 20.9 Å². The minimum atomic E-state index is -0.859. The molecule has 0 amide bonds. The fraction of sp³-hybridized carbons (Fsp3) is 0.400. The lowest BCUT2D eigenvalue weighted by molar-refractivity contribution is -0.138. The molecule has 1 heterocycles. The van der Waals surface area contributed by atoms with Gasteiger partial charge in [-0.2, -0.15) is 0 Å². The maximum absolute atomic E-state index is 11.1. The van der Waals surface area contributed by atoms with Gasteiger partial charge in [0.2, 0.25) is 0 Å². The largest absolute Gasteiger partial charge is 0.495 e. The maximum Gasteiger partial charge on any atom is 0.311 e. The molecule has 4 nitrogen and oxygen atoms in total. The first-order valence-corrected chi connectivity index (χ1v) is 5.31. The van der Waals surface area contributed by atoms with Crippen molar-refractivity contribution in [2.75, 3.05) is 7.11 Å². The standard InChI is InChI=1S/C10H12BrNO3/c1-3-6(10(13)14)9-7(11)4-12-5-8(9)15-2/h4-6H,3H2,1-2H3,(H,13,14). The first-order valence-electron chi connectivity index (χ1n) is 4.52. The average molecular weight is 274 g/mol. The number of rotatable bonds is 4. The predicted octanol–water partition coefficient (Wildman–Crippen LogP) is 2.43. The van der Waals surface area contributed by atoms with Crippen molar-refractivity contribution in [3.8, 4) is 5.75 Å². The third kappa shape index (κ3) is 2.47. The van der Waals surface area contributed by atoms with Crippen LogP contribution < -0.4 is 4.74 Å². The summed E-state index contributed by atoms with van der Waals surface area (Å²) in [5.41, 5.74) is 0.641. The fourth-order valence-electron chi connectivity index (χ4n) is 1.43. The van der Waals surface area contributed by atoms with Gasteiger partial charge in [0.1, 0.15) is 5.75 Å². The van der Waals surface area contributed by atoms with Crippen LogP contribution in [0.4, 0.5) is 0 Å². The minimum Gasteiger partial charge on any atom is -0.495 e. The summed E-state index contributed by atoms with van der Waals surface area (Å²) in [6, 6.07) is 0. The van der Waals surface area contributed by atoms with E-state index in [1.807, 2.05) is 6.92 Å². The molecule has 0 aromatic carbocycles. The lowest BCUT2D eigenvalue weighted by Gasteiger charge is -2.15. The van der Waals surface area contributed by atoms with Crippen LogP contribution in [0.3, 0.4) is 0 Å². The SMILES string of the molecule is CCC(C(=O)O)c1c(Br)cncc1OC. The second-order valence-electron chi connectivity index (χ2n) is 3.04. The third-order valence-electron chi connectivity index (χ3n) is 2.18. The van der Waals surface area contributed by atoms with Crippen molar-refractivity contribution in [1.29, 1.82) is 0 Å². The number of pyridine rings is 1. The number of hydrogen-bond donors (Lipinski definition) is 1. The summed E-state index contributed by atoms with van der Waals surface area (Å²) >= 11 is 3.29. The van der Waals surface area contributed by atoms with E-state index in [9.17, 15) is 4.79 Å². The van der Waals surface area contributed by atoms with Crippen LogP contribution in [-0.2, 0) is 4.79 Å². The Morgan fingerprint density at radius 1 is 1.67 bits per heavy atom. The van der Waals surface area contributed by atoms with E-state index in [1.54, 1.807) is 6.20 Å². The number of hydrogen-bond acceptors (Lipinski definition) is 3. The highest BCUT2D eigenvalue weighted by Gasteiger charge is 2.24. The number of carboxylic acids is 1. The number of ether oxygens (including phenoxy) is 1. The van der Waals surface area contributed by atoms with Crippen LogP contribution in [0, 0.1) is 0 Å². The Balaban J connectivity index is 3.26. The smallest absolute Gasteiger partial charge is 0.311 e. The molecule has 5 heteroatoms. The number of aromatic nitrogens is 1. The van der Waals surface area contributed by atoms with Gasteiger partial charge in [0.25, 0.3) is 0 Å². The molecule has 1 aromatic heterocycles. The Bertz CT molecular complexity index is 368. The van der Waals surface area contributed by atoms with Crippen LogP contribution in [0.25, 0.3) is 0 Å². The van der Waals surface area contributed by atoms with Crippen LogP contribution in [0.5, 0.6) is 5.75 Å². The molecule has 0 aliphatic rings. The van der Waals surface area contributed by atoms with Gasteiger partial charge in [-0.25, -0.2) is 0 Å². The van der Waals surface area contributed by atoms with Crippen molar-refractivity contribution in [2.45, 2.75) is 19.3 Å². The van der Waals surface area contributed by atoms with Gasteiger partial charge in [-0.05, 0) is 22.4 Å². The third-order valence-corrected chi connectivity index (χ3v) is 2.81. The van der Waals surface area contributed by atoms with E-state index < -0.39 is 11.9 Å². The summed E-state index contributed by atoms with van der Waals surface area (Å²) in [6.45, 7) is 1.82. The molecule has 82 valence electrons. The molecule has 0 fully saturated rings. The molecular weight excluding hydrogens is 262 g/mol. The molecule has 0 aliphatic carbocycles. The van der Waals surface area contributed by atoms with Gasteiger partial charge in [-0.3, -0.25) is 9.78 Å². The Morgan fingerprint density at radius 2 is 2.33 bits per heavy atom. The highest BCUT2D eigenvalue weighted by atomic mass is 79.9. The van der Waals surface area contributed by atoms with Crippen LogP contribution in [-0.4, -0.2) is 23.2 Å².